The molecule has 1 N–H and O–H groups in total. The quantitative estimate of drug-likeness (QED) is 0.270. The van der Waals surface area contributed by atoms with Gasteiger partial charge in [-0.2, -0.15) is 0 Å². The van der Waals surface area contributed by atoms with Gasteiger partial charge in [-0.1, -0.05) is 71.5 Å². The zero-order chi connectivity index (χ0) is 27.8. The van der Waals surface area contributed by atoms with Crippen LogP contribution >= 0.6 is 34.7 Å². The number of ether oxygens (including phenoxy) is 1. The number of hydrogen-bond acceptors (Lipinski definition) is 6. The van der Waals surface area contributed by atoms with Crippen molar-refractivity contribution in [1.82, 2.24) is 4.98 Å². The summed E-state index contributed by atoms with van der Waals surface area (Å²) < 4.78 is 6.40. The lowest BCUT2D eigenvalue weighted by Crippen LogP contribution is -2.42. The summed E-state index contributed by atoms with van der Waals surface area (Å²) in [4.78, 5) is 45.8. The van der Waals surface area contributed by atoms with Crippen molar-refractivity contribution >= 4 is 52.2 Å². The third-order valence-electron chi connectivity index (χ3n) is 9.30. The molecule has 7 atom stereocenters. The second-order valence-corrected chi connectivity index (χ2v) is 13.9. The average Bonchev–Trinajstić information content (AvgIpc) is 3.72. The first-order chi connectivity index (χ1) is 20.0. The number of imide groups is 1. The minimum atomic E-state index is -0.337. The van der Waals surface area contributed by atoms with Crippen molar-refractivity contribution in [2.24, 2.45) is 29.6 Å². The van der Waals surface area contributed by atoms with Gasteiger partial charge in [0.2, 0.25) is 11.8 Å². The highest BCUT2D eigenvalue weighted by Crippen LogP contribution is 2.69. The van der Waals surface area contributed by atoms with Crippen LogP contribution in [0.4, 0.5) is 5.69 Å². The molecule has 2 bridgehead atoms. The van der Waals surface area contributed by atoms with Crippen LogP contribution in [0.15, 0.2) is 88.7 Å². The van der Waals surface area contributed by atoms with Gasteiger partial charge in [-0.05, 0) is 60.1 Å². The number of rotatable bonds is 5. The summed E-state index contributed by atoms with van der Waals surface area (Å²) in [5, 5.41) is 1.69. The van der Waals surface area contributed by atoms with E-state index in [0.29, 0.717) is 17.3 Å². The molecule has 3 aromatic carbocycles. The monoisotopic (exact) mass is 600 g/mol. The Kier molecular flexibility index (Phi) is 5.95. The second kappa shape index (κ2) is 9.61. The highest BCUT2D eigenvalue weighted by Gasteiger charge is 2.69. The van der Waals surface area contributed by atoms with Gasteiger partial charge in [0, 0.05) is 26.6 Å². The molecule has 9 heteroatoms. The second-order valence-electron chi connectivity index (χ2n) is 11.3. The van der Waals surface area contributed by atoms with E-state index in [0.717, 1.165) is 33.2 Å². The number of para-hydroxylation sites is 2. The van der Waals surface area contributed by atoms with Crippen LogP contribution in [-0.4, -0.2) is 22.0 Å². The Hall–Kier alpha value is -3.33. The zero-order valence-corrected chi connectivity index (χ0v) is 24.1. The van der Waals surface area contributed by atoms with Gasteiger partial charge in [0.25, 0.3) is 0 Å². The fourth-order valence-electron chi connectivity index (χ4n) is 7.81. The van der Waals surface area contributed by atoms with Crippen molar-refractivity contribution in [3.05, 3.63) is 110 Å². The number of amides is 2. The van der Waals surface area contributed by atoms with Crippen LogP contribution in [0.3, 0.4) is 0 Å². The molecule has 2 amide bonds. The highest BCUT2D eigenvalue weighted by atomic mass is 35.5. The summed E-state index contributed by atoms with van der Waals surface area (Å²) >= 11 is 9.02. The van der Waals surface area contributed by atoms with Crippen LogP contribution in [0.25, 0.3) is 0 Å². The van der Waals surface area contributed by atoms with Crippen LogP contribution in [0, 0.1) is 29.6 Å². The molecule has 2 saturated carbocycles. The first kappa shape index (κ1) is 25.4. The van der Waals surface area contributed by atoms with E-state index in [-0.39, 0.29) is 57.4 Å². The summed E-state index contributed by atoms with van der Waals surface area (Å²) in [7, 11) is 0. The fourth-order valence-corrected chi connectivity index (χ4v) is 10.8. The Morgan fingerprint density at radius 2 is 1.59 bits per heavy atom. The first-order valence-electron chi connectivity index (χ1n) is 13.8. The number of benzene rings is 3. The van der Waals surface area contributed by atoms with Crippen molar-refractivity contribution < 1.29 is 14.3 Å². The molecule has 5 unspecified atom stereocenters. The Balaban J connectivity index is 1.19. The molecule has 6 nitrogen and oxygen atoms in total. The van der Waals surface area contributed by atoms with Gasteiger partial charge in [-0.15, -0.1) is 11.8 Å². The molecule has 1 saturated heterocycles. The zero-order valence-electron chi connectivity index (χ0n) is 21.7. The van der Waals surface area contributed by atoms with Crippen LogP contribution < -0.4 is 14.5 Å². The molecular weight excluding hydrogens is 576 g/mol. The number of carbonyl (C=O) groups excluding carboxylic acids is 2. The molecule has 2 aliphatic heterocycles. The first-order valence-corrected chi connectivity index (χ1v) is 15.9. The van der Waals surface area contributed by atoms with E-state index in [1.54, 1.807) is 11.8 Å². The van der Waals surface area contributed by atoms with Crippen LogP contribution in [0.5, 0.6) is 5.75 Å². The number of aromatic nitrogens is 1. The molecule has 1 aromatic heterocycles. The maximum atomic E-state index is 13.9. The van der Waals surface area contributed by atoms with E-state index in [4.69, 9.17) is 16.3 Å². The van der Waals surface area contributed by atoms with Gasteiger partial charge in [-0.3, -0.25) is 19.3 Å². The molecule has 206 valence electrons. The normalized spacial score (nSPS) is 29.4. The van der Waals surface area contributed by atoms with Crippen LogP contribution in [0.1, 0.15) is 28.3 Å². The number of aromatic amines is 1. The summed E-state index contributed by atoms with van der Waals surface area (Å²) in [5.74, 6) is 0.0838. The number of thiazole rings is 1. The number of hydrogen-bond donors (Lipinski definition) is 1. The lowest BCUT2D eigenvalue weighted by molar-refractivity contribution is -0.123. The van der Waals surface area contributed by atoms with Gasteiger partial charge in [0.05, 0.1) is 22.5 Å². The molecule has 41 heavy (non-hydrogen) atoms. The topological polar surface area (TPSA) is 79.5 Å². The van der Waals surface area contributed by atoms with Gasteiger partial charge in [0.15, 0.2) is 0 Å². The number of thioether (sulfide) groups is 1. The van der Waals surface area contributed by atoms with Crippen molar-refractivity contribution in [2.45, 2.75) is 29.2 Å². The summed E-state index contributed by atoms with van der Waals surface area (Å²) in [6.07, 6.45) is 0.848. The minimum Gasteiger partial charge on any atom is -0.489 e. The number of nitrogens with one attached hydrogen (secondary N) is 1. The van der Waals surface area contributed by atoms with E-state index in [1.807, 2.05) is 72.8 Å². The molecule has 4 aliphatic rings. The van der Waals surface area contributed by atoms with Gasteiger partial charge in [0.1, 0.15) is 12.4 Å². The molecule has 3 fully saturated rings. The number of halogens is 1. The number of carbonyl (C=O) groups is 2. The van der Waals surface area contributed by atoms with Crippen molar-refractivity contribution in [1.29, 1.82) is 0 Å². The average molecular weight is 601 g/mol. The van der Waals surface area contributed by atoms with Gasteiger partial charge in [-0.25, -0.2) is 0 Å². The molecule has 2 aliphatic carbocycles. The third kappa shape index (κ3) is 3.87. The molecular formula is C32H25ClN2O4S2. The fraction of sp³-hybridized carbons (Fsp3) is 0.281. The standard InChI is InChI=1S/C32H25ClN2O4S2/c33-17-12-10-16(11-13-17)15-39-22-9-5-4-8-19(22)23-24-20-14-21(27(24)40-29-28(23)41-32(38)34-29)26-25(20)30(36)35(31(26)37)18-6-2-1-3-7-18/h1-13,20-21,23-27H,14-15H2,(H,34,38)/t20-,21-,23?,24?,25?,26?,27?/m1/s1. The van der Waals surface area contributed by atoms with Crippen molar-refractivity contribution in [3.63, 3.8) is 0 Å². The van der Waals surface area contributed by atoms with Crippen molar-refractivity contribution in [3.8, 4) is 5.75 Å². The van der Waals surface area contributed by atoms with E-state index < -0.39 is 0 Å². The molecule has 3 heterocycles. The Morgan fingerprint density at radius 3 is 2.37 bits per heavy atom. The number of H-pyrrole nitrogens is 1. The number of anilines is 1. The Labute approximate surface area is 249 Å². The number of fused-ring (bicyclic) bond motifs is 9. The maximum absolute atomic E-state index is 13.9. The molecule has 0 spiro atoms. The van der Waals surface area contributed by atoms with Crippen LogP contribution in [0.2, 0.25) is 5.02 Å². The van der Waals surface area contributed by atoms with Crippen molar-refractivity contribution in [2.75, 3.05) is 4.90 Å². The minimum absolute atomic E-state index is 0.0485. The van der Waals surface area contributed by atoms with Gasteiger partial charge < -0.3 is 9.72 Å². The lowest BCUT2D eigenvalue weighted by Gasteiger charge is -2.43. The Bertz CT molecular complexity index is 1740. The predicted octanol–water partition coefficient (Wildman–Crippen LogP) is 6.35. The van der Waals surface area contributed by atoms with E-state index in [2.05, 4.69) is 11.1 Å². The van der Waals surface area contributed by atoms with E-state index >= 15 is 0 Å². The van der Waals surface area contributed by atoms with Crippen LogP contribution in [-0.2, 0) is 16.2 Å². The smallest absolute Gasteiger partial charge is 0.305 e. The summed E-state index contributed by atoms with van der Waals surface area (Å²) in [6, 6.07) is 24.9. The predicted molar refractivity (Wildman–Crippen MR) is 160 cm³/mol. The van der Waals surface area contributed by atoms with Gasteiger partial charge >= 0.3 is 4.87 Å². The highest BCUT2D eigenvalue weighted by molar-refractivity contribution is 8.00. The largest absolute Gasteiger partial charge is 0.489 e. The van der Waals surface area contributed by atoms with E-state index in [1.165, 1.54) is 16.2 Å². The summed E-state index contributed by atoms with van der Waals surface area (Å²) in [5.41, 5.74) is 2.68. The third-order valence-corrected chi connectivity index (χ3v) is 12.1. The lowest BCUT2D eigenvalue weighted by atomic mass is 9.68. The van der Waals surface area contributed by atoms with E-state index in [9.17, 15) is 14.4 Å². The maximum Gasteiger partial charge on any atom is 0.305 e. The molecule has 0 radical (unpaired) electrons. The molecule has 8 rings (SSSR count). The number of nitrogens with zero attached hydrogens (tertiary/aromatic N) is 1. The summed E-state index contributed by atoms with van der Waals surface area (Å²) in [6.45, 7) is 0.385. The Morgan fingerprint density at radius 1 is 0.878 bits per heavy atom. The SMILES string of the molecule is O=C1C2C(C(=O)N1c1ccccc1)[C@@H]1C[C@H]2C2Sc3[nH]c(=O)sc3C(c3ccccc3OCc3ccc(Cl)cc3)C21. The molecule has 4 aromatic rings.